The highest BCUT2D eigenvalue weighted by Gasteiger charge is 2.13. The molecule has 2 aromatic carbocycles. The number of halogens is 2. The number of thioether (sulfide) groups is 1. The molecule has 0 aliphatic heterocycles. The molecule has 0 aliphatic rings. The van der Waals surface area contributed by atoms with Crippen molar-refractivity contribution in [3.63, 3.8) is 0 Å². The number of nitrogens with one attached hydrogen (secondary N) is 1. The van der Waals surface area contributed by atoms with Gasteiger partial charge in [0.2, 0.25) is 5.91 Å². The average Bonchev–Trinajstić information content (AvgIpc) is 3.05. The molecule has 3 aromatic rings. The second-order valence-corrected chi connectivity index (χ2v) is 8.08. The van der Waals surface area contributed by atoms with Crippen LogP contribution in [0.4, 0.5) is 5.69 Å². The molecule has 30 heavy (non-hydrogen) atoms. The van der Waals surface area contributed by atoms with Gasteiger partial charge >= 0.3 is 0 Å². The van der Waals surface area contributed by atoms with Crippen LogP contribution in [-0.4, -0.2) is 32.2 Å². The fourth-order valence-electron chi connectivity index (χ4n) is 2.47. The van der Waals surface area contributed by atoms with Crippen LogP contribution in [0.25, 0.3) is 0 Å². The molecule has 1 aromatic heterocycles. The Morgan fingerprint density at radius 2 is 1.97 bits per heavy atom. The Morgan fingerprint density at radius 3 is 2.70 bits per heavy atom. The van der Waals surface area contributed by atoms with Crippen molar-refractivity contribution in [2.45, 2.75) is 18.7 Å². The molecule has 0 atom stereocenters. The molecule has 0 fully saturated rings. The van der Waals surface area contributed by atoms with E-state index in [2.05, 4.69) is 15.5 Å². The number of rotatable bonds is 8. The van der Waals surface area contributed by atoms with E-state index in [0.29, 0.717) is 38.0 Å². The Morgan fingerprint density at radius 1 is 1.17 bits per heavy atom. The second-order valence-electron chi connectivity index (χ2n) is 6.30. The van der Waals surface area contributed by atoms with E-state index < -0.39 is 0 Å². The van der Waals surface area contributed by atoms with E-state index in [1.54, 1.807) is 54.1 Å². The minimum Gasteiger partial charge on any atom is -0.484 e. The normalized spacial score (nSPS) is 10.7. The summed E-state index contributed by atoms with van der Waals surface area (Å²) in [4.78, 5) is 23.7. The van der Waals surface area contributed by atoms with Crippen LogP contribution in [0, 0.1) is 0 Å². The lowest BCUT2D eigenvalue weighted by Crippen LogP contribution is -2.15. The number of amides is 1. The smallest absolute Gasteiger partial charge is 0.234 e. The first kappa shape index (κ1) is 22.1. The van der Waals surface area contributed by atoms with Crippen LogP contribution in [0.3, 0.4) is 0 Å². The van der Waals surface area contributed by atoms with Crippen LogP contribution in [0.5, 0.6) is 5.75 Å². The van der Waals surface area contributed by atoms with E-state index in [1.165, 1.54) is 18.7 Å². The van der Waals surface area contributed by atoms with Crippen molar-refractivity contribution in [3.8, 4) is 5.75 Å². The van der Waals surface area contributed by atoms with Crippen LogP contribution in [0.2, 0.25) is 10.0 Å². The summed E-state index contributed by atoms with van der Waals surface area (Å²) in [6, 6.07) is 11.8. The number of hydrogen-bond acceptors (Lipinski definition) is 6. The van der Waals surface area contributed by atoms with Crippen LogP contribution < -0.4 is 10.1 Å². The molecule has 7 nitrogen and oxygen atoms in total. The molecular weight excluding hydrogens is 447 g/mol. The third-order valence-corrected chi connectivity index (χ3v) is 5.61. The summed E-state index contributed by atoms with van der Waals surface area (Å²) in [5.41, 5.74) is 1.11. The topological polar surface area (TPSA) is 86.1 Å². The molecular formula is C20H18Cl2N4O3S. The number of nitrogens with zero attached hydrogens (tertiary/aromatic N) is 3. The molecule has 0 saturated heterocycles. The van der Waals surface area contributed by atoms with Gasteiger partial charge in [0.15, 0.2) is 16.8 Å². The maximum absolute atomic E-state index is 12.2. The summed E-state index contributed by atoms with van der Waals surface area (Å²) in [5.74, 6) is 0.937. The van der Waals surface area contributed by atoms with Gasteiger partial charge in [-0.2, -0.15) is 0 Å². The molecule has 0 unspecified atom stereocenters. The van der Waals surface area contributed by atoms with E-state index in [1.807, 2.05) is 0 Å². The number of benzene rings is 2. The van der Waals surface area contributed by atoms with Crippen molar-refractivity contribution in [2.75, 3.05) is 11.1 Å². The Labute approximate surface area is 187 Å². The minimum absolute atomic E-state index is 0.0609. The Hall–Kier alpha value is -2.55. The van der Waals surface area contributed by atoms with Gasteiger partial charge in [-0.25, -0.2) is 0 Å². The number of aromatic nitrogens is 3. The van der Waals surface area contributed by atoms with E-state index >= 15 is 0 Å². The van der Waals surface area contributed by atoms with Gasteiger partial charge in [0, 0.05) is 23.3 Å². The lowest BCUT2D eigenvalue weighted by molar-refractivity contribution is -0.113. The molecule has 0 spiro atoms. The molecule has 1 heterocycles. The SMILES string of the molecule is CC(=O)c1cccc(NC(=O)CSc2nnc(COc3ccc(Cl)cc3Cl)n2C)c1. The van der Waals surface area contributed by atoms with Crippen LogP contribution in [0.15, 0.2) is 47.6 Å². The highest BCUT2D eigenvalue weighted by atomic mass is 35.5. The lowest BCUT2D eigenvalue weighted by Gasteiger charge is -2.08. The largest absolute Gasteiger partial charge is 0.484 e. The maximum Gasteiger partial charge on any atom is 0.234 e. The first-order chi connectivity index (χ1) is 14.3. The summed E-state index contributed by atoms with van der Waals surface area (Å²) >= 11 is 13.2. The number of carbonyl (C=O) groups is 2. The van der Waals surface area contributed by atoms with E-state index in [-0.39, 0.29) is 24.1 Å². The number of anilines is 1. The van der Waals surface area contributed by atoms with Crippen molar-refractivity contribution >= 4 is 52.3 Å². The third kappa shape index (κ3) is 5.75. The van der Waals surface area contributed by atoms with Crippen molar-refractivity contribution < 1.29 is 14.3 Å². The van der Waals surface area contributed by atoms with Crippen molar-refractivity contribution in [1.82, 2.24) is 14.8 Å². The van der Waals surface area contributed by atoms with E-state index in [0.717, 1.165) is 0 Å². The molecule has 1 amide bonds. The zero-order chi connectivity index (χ0) is 21.7. The highest BCUT2D eigenvalue weighted by Crippen LogP contribution is 2.28. The molecule has 0 radical (unpaired) electrons. The minimum atomic E-state index is -0.213. The number of hydrogen-bond donors (Lipinski definition) is 1. The van der Waals surface area contributed by atoms with Crippen LogP contribution >= 0.6 is 35.0 Å². The van der Waals surface area contributed by atoms with E-state index in [4.69, 9.17) is 27.9 Å². The van der Waals surface area contributed by atoms with Crippen LogP contribution in [0.1, 0.15) is 23.1 Å². The van der Waals surface area contributed by atoms with Gasteiger partial charge in [0.05, 0.1) is 10.8 Å². The summed E-state index contributed by atoms with van der Waals surface area (Å²) in [6.45, 7) is 1.64. The van der Waals surface area contributed by atoms with Gasteiger partial charge in [0.25, 0.3) is 0 Å². The number of ether oxygens (including phenoxy) is 1. The highest BCUT2D eigenvalue weighted by molar-refractivity contribution is 7.99. The van der Waals surface area contributed by atoms with Crippen LogP contribution in [-0.2, 0) is 18.4 Å². The van der Waals surface area contributed by atoms with Gasteiger partial charge in [-0.3, -0.25) is 9.59 Å². The molecule has 0 saturated carbocycles. The number of carbonyl (C=O) groups excluding carboxylic acids is 2. The fourth-order valence-corrected chi connectivity index (χ4v) is 3.67. The molecule has 1 N–H and O–H groups in total. The first-order valence-electron chi connectivity index (χ1n) is 8.83. The Kier molecular flexibility index (Phi) is 7.36. The molecule has 0 aliphatic carbocycles. The van der Waals surface area contributed by atoms with Gasteiger partial charge in [-0.15, -0.1) is 10.2 Å². The standard InChI is InChI=1S/C20H18Cl2N4O3S/c1-12(27)13-4-3-5-15(8-13)23-19(28)11-30-20-25-24-18(26(20)2)10-29-17-7-6-14(21)9-16(17)22/h3-9H,10-11H2,1-2H3,(H,23,28). The third-order valence-electron chi connectivity index (χ3n) is 4.06. The van der Waals surface area contributed by atoms with Gasteiger partial charge in [-0.1, -0.05) is 47.1 Å². The quantitative estimate of drug-likeness (QED) is 0.386. The maximum atomic E-state index is 12.2. The monoisotopic (exact) mass is 464 g/mol. The molecule has 156 valence electrons. The van der Waals surface area contributed by atoms with Gasteiger partial charge < -0.3 is 14.6 Å². The number of ketones is 1. The van der Waals surface area contributed by atoms with E-state index in [9.17, 15) is 9.59 Å². The molecule has 3 rings (SSSR count). The fraction of sp³-hybridized carbons (Fsp3) is 0.200. The van der Waals surface area contributed by atoms with Gasteiger partial charge in [-0.05, 0) is 37.3 Å². The molecule has 10 heteroatoms. The Bertz CT molecular complexity index is 1090. The lowest BCUT2D eigenvalue weighted by atomic mass is 10.1. The summed E-state index contributed by atoms with van der Waals surface area (Å²) in [7, 11) is 1.79. The zero-order valence-corrected chi connectivity index (χ0v) is 18.5. The average molecular weight is 465 g/mol. The second kappa shape index (κ2) is 9.97. The Balaban J connectivity index is 1.55. The number of Topliss-reactive ketones (excluding diaryl/α,β-unsaturated/α-hetero) is 1. The zero-order valence-electron chi connectivity index (χ0n) is 16.2. The first-order valence-corrected chi connectivity index (χ1v) is 10.6. The van der Waals surface area contributed by atoms with Crippen molar-refractivity contribution in [1.29, 1.82) is 0 Å². The summed E-state index contributed by atoms with van der Waals surface area (Å²) in [6.07, 6.45) is 0. The predicted octanol–water partition coefficient (Wildman–Crippen LogP) is 4.63. The summed E-state index contributed by atoms with van der Waals surface area (Å²) < 4.78 is 7.43. The summed E-state index contributed by atoms with van der Waals surface area (Å²) in [5, 5.41) is 12.5. The molecule has 0 bridgehead atoms. The predicted molar refractivity (Wildman–Crippen MR) is 118 cm³/mol. The van der Waals surface area contributed by atoms with Crippen molar-refractivity contribution in [2.24, 2.45) is 7.05 Å². The van der Waals surface area contributed by atoms with Gasteiger partial charge in [0.1, 0.15) is 12.4 Å². The van der Waals surface area contributed by atoms with Crippen molar-refractivity contribution in [3.05, 3.63) is 63.9 Å².